The minimum Gasteiger partial charge on any atom is -0.306 e. The highest BCUT2D eigenvalue weighted by Crippen LogP contribution is 2.17. The molecule has 0 saturated heterocycles. The summed E-state index contributed by atoms with van der Waals surface area (Å²) in [5, 5.41) is 4.22. The predicted molar refractivity (Wildman–Crippen MR) is 70.9 cm³/mol. The Kier molecular flexibility index (Phi) is 4.13. The van der Waals surface area contributed by atoms with Crippen LogP contribution in [0.1, 0.15) is 24.1 Å². The van der Waals surface area contributed by atoms with Crippen molar-refractivity contribution in [1.29, 1.82) is 0 Å². The van der Waals surface area contributed by atoms with Gasteiger partial charge < -0.3 is 5.32 Å². The molecule has 0 aliphatic carbocycles. The Labute approximate surface area is 107 Å². The van der Waals surface area contributed by atoms with Gasteiger partial charge in [-0.2, -0.15) is 0 Å². The van der Waals surface area contributed by atoms with Crippen molar-refractivity contribution in [2.75, 3.05) is 0 Å². The monoisotopic (exact) mass is 246 g/mol. The Morgan fingerprint density at radius 3 is 2.88 bits per heavy atom. The maximum Gasteiger partial charge on any atom is 0.0409 e. The number of benzene rings is 1. The first kappa shape index (κ1) is 12.1. The zero-order valence-electron chi connectivity index (χ0n) is 9.73. The Hall–Kier alpha value is -1.38. The molecule has 1 heterocycles. The molecular weight excluding hydrogens is 232 g/mol. The summed E-state index contributed by atoms with van der Waals surface area (Å²) in [7, 11) is 0. The highest BCUT2D eigenvalue weighted by atomic mass is 35.5. The standard InChI is InChI=1S/C14H15ClN2/c1-11(13-5-2-6-14(15)8-13)17-10-12-4-3-7-16-9-12/h2-9,11,17H,10H2,1H3. The molecule has 0 amide bonds. The van der Waals surface area contributed by atoms with Gasteiger partial charge in [0.1, 0.15) is 0 Å². The Bertz CT molecular complexity index is 471. The normalized spacial score (nSPS) is 12.4. The molecule has 0 aliphatic rings. The predicted octanol–water partition coefficient (Wildman–Crippen LogP) is 3.59. The van der Waals surface area contributed by atoms with Crippen LogP contribution >= 0.6 is 11.6 Å². The largest absolute Gasteiger partial charge is 0.306 e. The first-order valence-electron chi connectivity index (χ1n) is 5.63. The van der Waals surface area contributed by atoms with Gasteiger partial charge in [0.15, 0.2) is 0 Å². The molecule has 0 radical (unpaired) electrons. The van der Waals surface area contributed by atoms with Crippen molar-refractivity contribution in [2.24, 2.45) is 0 Å². The van der Waals surface area contributed by atoms with Crippen molar-refractivity contribution in [1.82, 2.24) is 10.3 Å². The molecule has 0 fully saturated rings. The van der Waals surface area contributed by atoms with Crippen molar-refractivity contribution in [2.45, 2.75) is 19.5 Å². The van der Waals surface area contributed by atoms with Crippen LogP contribution in [0.3, 0.4) is 0 Å². The molecular formula is C14H15ClN2. The van der Waals surface area contributed by atoms with Crippen molar-refractivity contribution in [3.05, 3.63) is 64.9 Å². The molecule has 1 aromatic heterocycles. The number of hydrogen-bond acceptors (Lipinski definition) is 2. The lowest BCUT2D eigenvalue weighted by atomic mass is 10.1. The van der Waals surface area contributed by atoms with Gasteiger partial charge >= 0.3 is 0 Å². The van der Waals surface area contributed by atoms with Crippen molar-refractivity contribution < 1.29 is 0 Å². The van der Waals surface area contributed by atoms with Crippen LogP contribution in [0.2, 0.25) is 5.02 Å². The van der Waals surface area contributed by atoms with Crippen LogP contribution in [0, 0.1) is 0 Å². The van der Waals surface area contributed by atoms with E-state index in [9.17, 15) is 0 Å². The van der Waals surface area contributed by atoms with E-state index in [1.807, 2.05) is 30.5 Å². The molecule has 2 nitrogen and oxygen atoms in total. The van der Waals surface area contributed by atoms with Crippen LogP contribution in [0.4, 0.5) is 0 Å². The fourth-order valence-corrected chi connectivity index (χ4v) is 1.87. The van der Waals surface area contributed by atoms with E-state index in [0.717, 1.165) is 11.6 Å². The smallest absolute Gasteiger partial charge is 0.0409 e. The lowest BCUT2D eigenvalue weighted by molar-refractivity contribution is 0.574. The number of hydrogen-bond donors (Lipinski definition) is 1. The molecule has 1 aromatic carbocycles. The Balaban J connectivity index is 1.96. The van der Waals surface area contributed by atoms with Crippen molar-refractivity contribution in [3.63, 3.8) is 0 Å². The molecule has 2 rings (SSSR count). The maximum absolute atomic E-state index is 5.97. The average molecular weight is 247 g/mol. The third kappa shape index (κ3) is 3.55. The van der Waals surface area contributed by atoms with E-state index >= 15 is 0 Å². The van der Waals surface area contributed by atoms with Gasteiger partial charge in [0, 0.05) is 30.0 Å². The van der Waals surface area contributed by atoms with Crippen LogP contribution in [-0.2, 0) is 6.54 Å². The topological polar surface area (TPSA) is 24.9 Å². The average Bonchev–Trinajstić information content (AvgIpc) is 2.37. The van der Waals surface area contributed by atoms with E-state index in [-0.39, 0.29) is 6.04 Å². The van der Waals surface area contributed by atoms with E-state index in [4.69, 9.17) is 11.6 Å². The molecule has 0 saturated carbocycles. The number of nitrogens with one attached hydrogen (secondary N) is 1. The van der Waals surface area contributed by atoms with Gasteiger partial charge in [0.25, 0.3) is 0 Å². The highest BCUT2D eigenvalue weighted by molar-refractivity contribution is 6.30. The van der Waals surface area contributed by atoms with Crippen LogP contribution in [0.25, 0.3) is 0 Å². The van der Waals surface area contributed by atoms with Crippen molar-refractivity contribution >= 4 is 11.6 Å². The lowest BCUT2D eigenvalue weighted by Crippen LogP contribution is -2.18. The summed E-state index contributed by atoms with van der Waals surface area (Å²) in [4.78, 5) is 4.09. The number of nitrogens with zero attached hydrogens (tertiary/aromatic N) is 1. The molecule has 0 bridgehead atoms. The summed E-state index contributed by atoms with van der Waals surface area (Å²) in [6, 6.07) is 12.2. The van der Waals surface area contributed by atoms with E-state index in [2.05, 4.69) is 29.4 Å². The maximum atomic E-state index is 5.97. The van der Waals surface area contributed by atoms with Crippen LogP contribution in [0.15, 0.2) is 48.8 Å². The molecule has 88 valence electrons. The van der Waals surface area contributed by atoms with Gasteiger partial charge in [-0.15, -0.1) is 0 Å². The third-order valence-electron chi connectivity index (χ3n) is 2.68. The molecule has 3 heteroatoms. The first-order chi connectivity index (χ1) is 8.25. The number of rotatable bonds is 4. The van der Waals surface area contributed by atoms with Gasteiger partial charge in [-0.25, -0.2) is 0 Å². The van der Waals surface area contributed by atoms with E-state index in [1.54, 1.807) is 6.20 Å². The van der Waals surface area contributed by atoms with Gasteiger partial charge in [0.2, 0.25) is 0 Å². The number of halogens is 1. The lowest BCUT2D eigenvalue weighted by Gasteiger charge is -2.14. The SMILES string of the molecule is CC(NCc1cccnc1)c1cccc(Cl)c1. The van der Waals surface area contributed by atoms with Gasteiger partial charge in [-0.1, -0.05) is 29.8 Å². The summed E-state index contributed by atoms with van der Waals surface area (Å²) >= 11 is 5.97. The second kappa shape index (κ2) is 5.80. The second-order valence-electron chi connectivity index (χ2n) is 4.02. The zero-order valence-corrected chi connectivity index (χ0v) is 10.5. The quantitative estimate of drug-likeness (QED) is 0.892. The highest BCUT2D eigenvalue weighted by Gasteiger charge is 2.04. The number of pyridine rings is 1. The summed E-state index contributed by atoms with van der Waals surface area (Å²) in [6.07, 6.45) is 3.65. The van der Waals surface area contributed by atoms with Crippen LogP contribution in [-0.4, -0.2) is 4.98 Å². The molecule has 17 heavy (non-hydrogen) atoms. The summed E-state index contributed by atoms with van der Waals surface area (Å²) in [6.45, 7) is 2.93. The fourth-order valence-electron chi connectivity index (χ4n) is 1.67. The summed E-state index contributed by atoms with van der Waals surface area (Å²) in [5.74, 6) is 0. The van der Waals surface area contributed by atoms with E-state index < -0.39 is 0 Å². The second-order valence-corrected chi connectivity index (χ2v) is 4.46. The molecule has 0 spiro atoms. The van der Waals surface area contributed by atoms with Crippen molar-refractivity contribution in [3.8, 4) is 0 Å². The summed E-state index contributed by atoms with van der Waals surface area (Å²) in [5.41, 5.74) is 2.38. The van der Waals surface area contributed by atoms with Gasteiger partial charge in [0.05, 0.1) is 0 Å². The van der Waals surface area contributed by atoms with Crippen LogP contribution < -0.4 is 5.32 Å². The molecule has 0 aliphatic heterocycles. The van der Waals surface area contributed by atoms with E-state index in [1.165, 1.54) is 11.1 Å². The molecule has 1 N–H and O–H groups in total. The van der Waals surface area contributed by atoms with Crippen LogP contribution in [0.5, 0.6) is 0 Å². The Morgan fingerprint density at radius 1 is 1.29 bits per heavy atom. The number of aromatic nitrogens is 1. The third-order valence-corrected chi connectivity index (χ3v) is 2.92. The minimum atomic E-state index is 0.272. The fraction of sp³-hybridized carbons (Fsp3) is 0.214. The molecule has 1 unspecified atom stereocenters. The first-order valence-corrected chi connectivity index (χ1v) is 6.01. The Morgan fingerprint density at radius 2 is 2.18 bits per heavy atom. The summed E-state index contributed by atoms with van der Waals surface area (Å²) < 4.78 is 0. The van der Waals surface area contributed by atoms with Gasteiger partial charge in [-0.05, 0) is 36.2 Å². The zero-order chi connectivity index (χ0) is 12.1. The van der Waals surface area contributed by atoms with E-state index in [0.29, 0.717) is 0 Å². The molecule has 1 atom stereocenters. The minimum absolute atomic E-state index is 0.272. The molecule has 2 aromatic rings. The van der Waals surface area contributed by atoms with Gasteiger partial charge in [-0.3, -0.25) is 4.98 Å².